The Bertz CT molecular complexity index is 1250. The molecule has 0 spiro atoms. The Morgan fingerprint density at radius 3 is 2.66 bits per heavy atom. The van der Waals surface area contributed by atoms with Crippen molar-refractivity contribution in [3.63, 3.8) is 0 Å². The number of amides is 1. The van der Waals surface area contributed by atoms with E-state index in [1.165, 1.54) is 0 Å². The third-order valence-corrected chi connectivity index (χ3v) is 5.25. The van der Waals surface area contributed by atoms with E-state index in [1.54, 1.807) is 18.2 Å². The fourth-order valence-electron chi connectivity index (χ4n) is 3.71. The third kappa shape index (κ3) is 3.54. The van der Waals surface area contributed by atoms with Crippen LogP contribution in [0.5, 0.6) is 0 Å². The second-order valence-electron chi connectivity index (χ2n) is 7.39. The second kappa shape index (κ2) is 7.56. The van der Waals surface area contributed by atoms with Gasteiger partial charge < -0.3 is 19.2 Å². The van der Waals surface area contributed by atoms with Crippen molar-refractivity contribution in [3.8, 4) is 0 Å². The molecular formula is C23H23N3O3. The molecule has 29 heavy (non-hydrogen) atoms. The summed E-state index contributed by atoms with van der Waals surface area (Å²) in [6.45, 7) is 0.367. The van der Waals surface area contributed by atoms with Crippen LogP contribution in [0.25, 0.3) is 21.9 Å². The highest BCUT2D eigenvalue weighted by molar-refractivity contribution is 5.96. The minimum Gasteiger partial charge on any atom is -0.422 e. The SMILES string of the molecule is CN(C)C(CNC(=O)c1cc2ccccc2oc1=O)c1cn(C)c2ccccc12. The average molecular weight is 389 g/mol. The van der Waals surface area contributed by atoms with E-state index in [1.807, 2.05) is 45.4 Å². The van der Waals surface area contributed by atoms with Gasteiger partial charge in [0.2, 0.25) is 0 Å². The minimum absolute atomic E-state index is 0.0131. The maximum absolute atomic E-state index is 12.7. The van der Waals surface area contributed by atoms with Crippen LogP contribution in [-0.2, 0) is 7.05 Å². The van der Waals surface area contributed by atoms with Crippen LogP contribution >= 0.6 is 0 Å². The van der Waals surface area contributed by atoms with E-state index in [4.69, 9.17) is 4.42 Å². The predicted octanol–water partition coefficient (Wildman–Crippen LogP) is 3.32. The molecular weight excluding hydrogens is 366 g/mol. The first kappa shape index (κ1) is 19.0. The third-order valence-electron chi connectivity index (χ3n) is 5.25. The van der Waals surface area contributed by atoms with Crippen molar-refractivity contribution in [2.24, 2.45) is 7.05 Å². The Morgan fingerprint density at radius 1 is 1.14 bits per heavy atom. The molecule has 148 valence electrons. The van der Waals surface area contributed by atoms with Gasteiger partial charge in [-0.05, 0) is 37.9 Å². The van der Waals surface area contributed by atoms with Crippen LogP contribution in [0.4, 0.5) is 0 Å². The summed E-state index contributed by atoms with van der Waals surface area (Å²) < 4.78 is 7.37. The van der Waals surface area contributed by atoms with Crippen molar-refractivity contribution >= 4 is 27.8 Å². The lowest BCUT2D eigenvalue weighted by Gasteiger charge is -2.24. The predicted molar refractivity (Wildman–Crippen MR) is 114 cm³/mol. The number of benzene rings is 2. The topological polar surface area (TPSA) is 67.5 Å². The standard InChI is InChI=1S/C23H23N3O3/c1-25(2)20(18-14-26(3)19-10-6-5-9-16(18)19)13-24-22(27)17-12-15-8-4-7-11-21(15)29-23(17)28/h4-12,14,20H,13H2,1-3H3,(H,24,27). The van der Waals surface area contributed by atoms with Gasteiger partial charge in [-0.15, -0.1) is 0 Å². The van der Waals surface area contributed by atoms with Crippen molar-refractivity contribution < 1.29 is 9.21 Å². The summed E-state index contributed by atoms with van der Waals surface area (Å²) in [7, 11) is 5.96. The monoisotopic (exact) mass is 389 g/mol. The van der Waals surface area contributed by atoms with Gasteiger partial charge in [-0.3, -0.25) is 4.79 Å². The highest BCUT2D eigenvalue weighted by Crippen LogP contribution is 2.28. The summed E-state index contributed by atoms with van der Waals surface area (Å²) in [6, 6.07) is 16.9. The zero-order valence-corrected chi connectivity index (χ0v) is 16.7. The minimum atomic E-state index is -0.632. The molecule has 0 bridgehead atoms. The van der Waals surface area contributed by atoms with Crippen LogP contribution in [0.3, 0.4) is 0 Å². The molecule has 2 aromatic carbocycles. The van der Waals surface area contributed by atoms with Gasteiger partial charge in [0.15, 0.2) is 0 Å². The summed E-state index contributed by atoms with van der Waals surface area (Å²) in [5, 5.41) is 4.77. The van der Waals surface area contributed by atoms with E-state index in [0.29, 0.717) is 12.1 Å². The largest absolute Gasteiger partial charge is 0.422 e. The van der Waals surface area contributed by atoms with Crippen LogP contribution < -0.4 is 10.9 Å². The molecule has 1 atom stereocenters. The van der Waals surface area contributed by atoms with E-state index in [-0.39, 0.29) is 11.6 Å². The first-order valence-corrected chi connectivity index (χ1v) is 9.47. The summed E-state index contributed by atoms with van der Waals surface area (Å²) in [5.41, 5.74) is 2.11. The zero-order chi connectivity index (χ0) is 20.5. The second-order valence-corrected chi connectivity index (χ2v) is 7.39. The summed E-state index contributed by atoms with van der Waals surface area (Å²) >= 11 is 0. The molecule has 4 aromatic rings. The normalized spacial score (nSPS) is 12.6. The fraction of sp³-hybridized carbons (Fsp3) is 0.217. The Morgan fingerprint density at radius 2 is 1.86 bits per heavy atom. The number of hydrogen-bond acceptors (Lipinski definition) is 4. The molecule has 0 fully saturated rings. The van der Waals surface area contributed by atoms with E-state index >= 15 is 0 Å². The van der Waals surface area contributed by atoms with E-state index in [0.717, 1.165) is 21.9 Å². The Labute approximate surface area is 168 Å². The molecule has 6 nitrogen and oxygen atoms in total. The Hall–Kier alpha value is -3.38. The fourth-order valence-corrected chi connectivity index (χ4v) is 3.71. The van der Waals surface area contributed by atoms with Crippen molar-refractivity contribution in [1.82, 2.24) is 14.8 Å². The molecule has 0 aliphatic carbocycles. The quantitative estimate of drug-likeness (QED) is 0.532. The molecule has 0 aliphatic heterocycles. The maximum atomic E-state index is 12.7. The van der Waals surface area contributed by atoms with E-state index in [2.05, 4.69) is 33.1 Å². The average Bonchev–Trinajstić information content (AvgIpc) is 3.04. The van der Waals surface area contributed by atoms with Crippen LogP contribution in [0.1, 0.15) is 22.0 Å². The summed E-state index contributed by atoms with van der Waals surface area (Å²) in [6.07, 6.45) is 2.09. The number of nitrogens with zero attached hydrogens (tertiary/aromatic N) is 2. The number of hydrogen-bond donors (Lipinski definition) is 1. The number of aryl methyl sites for hydroxylation is 1. The number of para-hydroxylation sites is 2. The van der Waals surface area contributed by atoms with Crippen LogP contribution in [0.2, 0.25) is 0 Å². The number of aromatic nitrogens is 1. The Balaban J connectivity index is 1.61. The molecule has 0 saturated carbocycles. The molecule has 2 aromatic heterocycles. The number of carbonyl (C=O) groups excluding carboxylic acids is 1. The van der Waals surface area contributed by atoms with Gasteiger partial charge in [-0.1, -0.05) is 36.4 Å². The van der Waals surface area contributed by atoms with Gasteiger partial charge >= 0.3 is 5.63 Å². The molecule has 1 unspecified atom stereocenters. The van der Waals surface area contributed by atoms with Crippen molar-refractivity contribution in [2.75, 3.05) is 20.6 Å². The van der Waals surface area contributed by atoms with Crippen molar-refractivity contribution in [2.45, 2.75) is 6.04 Å². The lowest BCUT2D eigenvalue weighted by molar-refractivity contribution is 0.0938. The van der Waals surface area contributed by atoms with E-state index < -0.39 is 11.5 Å². The van der Waals surface area contributed by atoms with Crippen LogP contribution in [0.15, 0.2) is 70.0 Å². The van der Waals surface area contributed by atoms with Crippen molar-refractivity contribution in [3.05, 3.63) is 82.3 Å². The molecule has 4 rings (SSSR count). The Kier molecular flexibility index (Phi) is 4.94. The highest BCUT2D eigenvalue weighted by Gasteiger charge is 2.21. The number of nitrogens with one attached hydrogen (secondary N) is 1. The molecule has 2 heterocycles. The molecule has 0 radical (unpaired) electrons. The summed E-state index contributed by atoms with van der Waals surface area (Å²) in [5.74, 6) is -0.434. The lowest BCUT2D eigenvalue weighted by Crippen LogP contribution is -2.36. The number of rotatable bonds is 5. The van der Waals surface area contributed by atoms with Crippen LogP contribution in [0, 0.1) is 0 Å². The van der Waals surface area contributed by atoms with Crippen molar-refractivity contribution in [1.29, 1.82) is 0 Å². The molecule has 0 aliphatic rings. The zero-order valence-electron chi connectivity index (χ0n) is 16.7. The van der Waals surface area contributed by atoms with Crippen LogP contribution in [-0.4, -0.2) is 36.0 Å². The molecule has 1 N–H and O–H groups in total. The van der Waals surface area contributed by atoms with Gasteiger partial charge in [0.25, 0.3) is 5.91 Å². The molecule has 0 saturated heterocycles. The van der Waals surface area contributed by atoms with E-state index in [9.17, 15) is 9.59 Å². The van der Waals surface area contributed by atoms with Gasteiger partial charge in [0, 0.05) is 36.1 Å². The van der Waals surface area contributed by atoms with Gasteiger partial charge in [-0.2, -0.15) is 0 Å². The number of carbonyl (C=O) groups is 1. The smallest absolute Gasteiger partial charge is 0.349 e. The first-order chi connectivity index (χ1) is 14.0. The van der Waals surface area contributed by atoms with Gasteiger partial charge in [0.05, 0.1) is 6.04 Å². The summed E-state index contributed by atoms with van der Waals surface area (Å²) in [4.78, 5) is 27.1. The molecule has 1 amide bonds. The lowest BCUT2D eigenvalue weighted by atomic mass is 10.0. The highest BCUT2D eigenvalue weighted by atomic mass is 16.4. The first-order valence-electron chi connectivity index (χ1n) is 9.47. The molecule has 6 heteroatoms. The van der Waals surface area contributed by atoms with Gasteiger partial charge in [-0.25, -0.2) is 4.79 Å². The number of fused-ring (bicyclic) bond motifs is 2. The maximum Gasteiger partial charge on any atom is 0.349 e. The van der Waals surface area contributed by atoms with Gasteiger partial charge in [0.1, 0.15) is 11.1 Å². The number of likely N-dealkylation sites (N-methyl/N-ethyl adjacent to an activating group) is 1.